The molecule has 2 saturated heterocycles. The number of benzene rings is 1. The van der Waals surface area contributed by atoms with Crippen molar-refractivity contribution in [3.05, 3.63) is 48.4 Å². The molecular formula is C26H37N3O7S. The van der Waals surface area contributed by atoms with Crippen molar-refractivity contribution in [1.29, 1.82) is 0 Å². The molecule has 1 unspecified atom stereocenters. The summed E-state index contributed by atoms with van der Waals surface area (Å²) in [4.78, 5) is 17.6. The number of carbonyl (C=O) groups is 1. The summed E-state index contributed by atoms with van der Waals surface area (Å²) in [5.41, 5.74) is 0. The second-order valence-electron chi connectivity index (χ2n) is 9.31. The molecule has 0 saturated carbocycles. The van der Waals surface area contributed by atoms with Crippen LogP contribution in [0.5, 0.6) is 5.75 Å². The molecule has 11 heteroatoms. The predicted molar refractivity (Wildman–Crippen MR) is 137 cm³/mol. The number of furan rings is 1. The highest BCUT2D eigenvalue weighted by atomic mass is 32.2. The van der Waals surface area contributed by atoms with E-state index in [1.54, 1.807) is 29.4 Å². The lowest BCUT2D eigenvalue weighted by molar-refractivity contribution is -0.134. The van der Waals surface area contributed by atoms with Crippen LogP contribution in [0.15, 0.2) is 52.0 Å². The van der Waals surface area contributed by atoms with E-state index in [1.807, 2.05) is 6.07 Å². The summed E-state index contributed by atoms with van der Waals surface area (Å²) >= 11 is 0. The fraction of sp³-hybridized carbons (Fsp3) is 0.577. The first-order valence-electron chi connectivity index (χ1n) is 12.8. The van der Waals surface area contributed by atoms with Crippen molar-refractivity contribution in [3.8, 4) is 5.75 Å². The van der Waals surface area contributed by atoms with Gasteiger partial charge in [0.25, 0.3) is 0 Å². The minimum absolute atomic E-state index is 0.0631. The normalized spacial score (nSPS) is 18.8. The van der Waals surface area contributed by atoms with Gasteiger partial charge in [-0.3, -0.25) is 9.69 Å². The highest BCUT2D eigenvalue weighted by Crippen LogP contribution is 2.21. The lowest BCUT2D eigenvalue weighted by Gasteiger charge is -2.30. The fourth-order valence-electron chi connectivity index (χ4n) is 4.61. The molecule has 4 rings (SSSR count). The van der Waals surface area contributed by atoms with Crippen molar-refractivity contribution in [2.24, 2.45) is 0 Å². The SMILES string of the molecule is COc1ccc(S(=O)(=O)N(CCCN2CCOCC2)CC(=O)N(Cc2ccco2)CC2CCCO2)cc1. The monoisotopic (exact) mass is 535 g/mol. The van der Waals surface area contributed by atoms with Gasteiger partial charge in [0.1, 0.15) is 11.5 Å². The van der Waals surface area contributed by atoms with Crippen LogP contribution in [0.1, 0.15) is 25.0 Å². The number of ether oxygens (including phenoxy) is 3. The van der Waals surface area contributed by atoms with Gasteiger partial charge < -0.3 is 23.5 Å². The summed E-state index contributed by atoms with van der Waals surface area (Å²) in [5, 5.41) is 0. The molecular weight excluding hydrogens is 498 g/mol. The van der Waals surface area contributed by atoms with Crippen LogP contribution in [0.25, 0.3) is 0 Å². The second-order valence-corrected chi connectivity index (χ2v) is 11.2. The number of amides is 1. The molecule has 1 amide bonds. The Morgan fingerprint density at radius 3 is 2.57 bits per heavy atom. The van der Waals surface area contributed by atoms with E-state index in [0.717, 1.165) is 32.5 Å². The van der Waals surface area contributed by atoms with Gasteiger partial charge in [0.05, 0.1) is 50.7 Å². The van der Waals surface area contributed by atoms with Crippen molar-refractivity contribution in [2.45, 2.75) is 36.8 Å². The van der Waals surface area contributed by atoms with Crippen LogP contribution in [0.2, 0.25) is 0 Å². The van der Waals surface area contributed by atoms with Gasteiger partial charge in [-0.05, 0) is 62.2 Å². The summed E-state index contributed by atoms with van der Waals surface area (Å²) in [6.45, 7) is 5.03. The number of hydrogen-bond donors (Lipinski definition) is 0. The Morgan fingerprint density at radius 1 is 1.14 bits per heavy atom. The van der Waals surface area contributed by atoms with Gasteiger partial charge in [-0.25, -0.2) is 8.42 Å². The maximum Gasteiger partial charge on any atom is 0.243 e. The molecule has 2 aromatic rings. The smallest absolute Gasteiger partial charge is 0.243 e. The van der Waals surface area contributed by atoms with E-state index in [1.165, 1.54) is 23.5 Å². The van der Waals surface area contributed by atoms with Gasteiger partial charge in [-0.15, -0.1) is 0 Å². The van der Waals surface area contributed by atoms with E-state index in [4.69, 9.17) is 18.6 Å². The molecule has 2 aliphatic heterocycles. The first-order valence-corrected chi connectivity index (χ1v) is 14.3. The lowest BCUT2D eigenvalue weighted by Crippen LogP contribution is -2.46. The van der Waals surface area contributed by atoms with Gasteiger partial charge in [0, 0.05) is 32.8 Å². The molecule has 37 heavy (non-hydrogen) atoms. The van der Waals surface area contributed by atoms with Crippen LogP contribution >= 0.6 is 0 Å². The zero-order valence-electron chi connectivity index (χ0n) is 21.4. The Balaban J connectivity index is 1.50. The Bertz CT molecular complexity index is 1060. The van der Waals surface area contributed by atoms with Crippen LogP contribution in [0, 0.1) is 0 Å². The van der Waals surface area contributed by atoms with Crippen LogP contribution in [0.4, 0.5) is 0 Å². The first-order chi connectivity index (χ1) is 18.0. The topological polar surface area (TPSA) is 102 Å². The van der Waals surface area contributed by atoms with Gasteiger partial charge >= 0.3 is 0 Å². The first kappa shape index (κ1) is 27.6. The van der Waals surface area contributed by atoms with Crippen LogP contribution in [-0.4, -0.2) is 101 Å². The van der Waals surface area contributed by atoms with Crippen molar-refractivity contribution < 1.29 is 31.8 Å². The van der Waals surface area contributed by atoms with Gasteiger partial charge in [-0.1, -0.05) is 0 Å². The highest BCUT2D eigenvalue weighted by molar-refractivity contribution is 7.89. The minimum Gasteiger partial charge on any atom is -0.497 e. The molecule has 1 aromatic heterocycles. The van der Waals surface area contributed by atoms with E-state index in [2.05, 4.69) is 4.90 Å². The standard InChI is InChI=1S/C26H37N3O7S/c1-33-22-7-9-25(10-8-22)37(31,32)29(12-4-11-27-13-17-34-18-14-27)21-26(30)28(19-23-5-2-15-35-23)20-24-6-3-16-36-24/h2,5,7-10,15,24H,3-4,6,11-14,16-21H2,1H3. The Labute approximate surface area is 219 Å². The second kappa shape index (κ2) is 13.4. The molecule has 2 fully saturated rings. The molecule has 204 valence electrons. The molecule has 0 N–H and O–H groups in total. The van der Waals surface area contributed by atoms with Crippen molar-refractivity contribution in [2.75, 3.05) is 66.2 Å². The van der Waals surface area contributed by atoms with Gasteiger partial charge in [0.15, 0.2) is 0 Å². The zero-order chi connectivity index (χ0) is 26.1. The molecule has 1 aromatic carbocycles. The van der Waals surface area contributed by atoms with Crippen LogP contribution in [-0.2, 0) is 30.8 Å². The molecule has 2 aliphatic rings. The van der Waals surface area contributed by atoms with E-state index >= 15 is 0 Å². The maximum atomic E-state index is 13.7. The molecule has 10 nitrogen and oxygen atoms in total. The van der Waals surface area contributed by atoms with Crippen LogP contribution < -0.4 is 4.74 Å². The fourth-order valence-corrected chi connectivity index (χ4v) is 6.03. The third-order valence-corrected chi connectivity index (χ3v) is 8.58. The zero-order valence-corrected chi connectivity index (χ0v) is 22.2. The van der Waals surface area contributed by atoms with Crippen molar-refractivity contribution in [1.82, 2.24) is 14.1 Å². The molecule has 3 heterocycles. The predicted octanol–water partition coefficient (Wildman–Crippen LogP) is 2.21. The lowest BCUT2D eigenvalue weighted by atomic mass is 10.2. The Morgan fingerprint density at radius 2 is 1.92 bits per heavy atom. The quantitative estimate of drug-likeness (QED) is 0.385. The summed E-state index contributed by atoms with van der Waals surface area (Å²) < 4.78 is 50.5. The van der Waals surface area contributed by atoms with E-state index < -0.39 is 10.0 Å². The maximum absolute atomic E-state index is 13.7. The molecule has 0 radical (unpaired) electrons. The third-order valence-electron chi connectivity index (χ3n) is 6.72. The number of hydrogen-bond acceptors (Lipinski definition) is 8. The van der Waals surface area contributed by atoms with Crippen LogP contribution in [0.3, 0.4) is 0 Å². The number of methoxy groups -OCH3 is 1. The van der Waals surface area contributed by atoms with E-state index in [0.29, 0.717) is 44.3 Å². The number of morpholine rings is 1. The van der Waals surface area contributed by atoms with Gasteiger partial charge in [-0.2, -0.15) is 4.31 Å². The molecule has 1 atom stereocenters. The summed E-state index contributed by atoms with van der Waals surface area (Å²) in [6.07, 6.45) is 3.93. The van der Waals surface area contributed by atoms with Crippen molar-refractivity contribution >= 4 is 15.9 Å². The van der Waals surface area contributed by atoms with E-state index in [-0.39, 0.29) is 36.5 Å². The number of sulfonamides is 1. The molecule has 0 bridgehead atoms. The summed E-state index contributed by atoms with van der Waals surface area (Å²) in [6, 6.07) is 9.84. The minimum atomic E-state index is -3.91. The number of carbonyl (C=O) groups excluding carboxylic acids is 1. The Kier molecular flexibility index (Phi) is 9.98. The molecule has 0 spiro atoms. The number of rotatable bonds is 13. The largest absolute Gasteiger partial charge is 0.497 e. The average molecular weight is 536 g/mol. The molecule has 0 aliphatic carbocycles. The average Bonchev–Trinajstić information content (AvgIpc) is 3.63. The van der Waals surface area contributed by atoms with Crippen molar-refractivity contribution in [3.63, 3.8) is 0 Å². The van der Waals surface area contributed by atoms with Gasteiger partial charge in [0.2, 0.25) is 15.9 Å². The Hall–Kier alpha value is -2.44. The summed E-state index contributed by atoms with van der Waals surface area (Å²) in [5.74, 6) is 0.925. The third kappa shape index (κ3) is 7.78. The number of nitrogens with zero attached hydrogens (tertiary/aromatic N) is 3. The van der Waals surface area contributed by atoms with E-state index in [9.17, 15) is 13.2 Å². The summed E-state index contributed by atoms with van der Waals surface area (Å²) in [7, 11) is -2.38. The highest BCUT2D eigenvalue weighted by Gasteiger charge is 2.30.